The van der Waals surface area contributed by atoms with Crippen molar-refractivity contribution in [2.24, 2.45) is 0 Å². The minimum Gasteiger partial charge on any atom is -0.454 e. The topological polar surface area (TPSA) is 62.7 Å². The van der Waals surface area contributed by atoms with Crippen molar-refractivity contribution in [1.82, 2.24) is 9.88 Å². The van der Waals surface area contributed by atoms with Crippen LogP contribution < -0.4 is 4.74 Å². The van der Waals surface area contributed by atoms with Crippen molar-refractivity contribution in [2.45, 2.75) is 12.6 Å². The first-order valence-corrected chi connectivity index (χ1v) is 9.30. The highest BCUT2D eigenvalue weighted by Crippen LogP contribution is 2.31. The molecule has 1 N–H and O–H groups in total. The Hall–Kier alpha value is -3.58. The third kappa shape index (κ3) is 3.79. The van der Waals surface area contributed by atoms with Gasteiger partial charge in [-0.1, -0.05) is 18.7 Å². The van der Waals surface area contributed by atoms with Crippen LogP contribution in [-0.2, 0) is 6.42 Å². The number of carbonyl (C=O) groups excluding carboxylic acids is 1. The predicted molar refractivity (Wildman–Crippen MR) is 107 cm³/mol. The summed E-state index contributed by atoms with van der Waals surface area (Å²) in [6.45, 7) is 3.98. The van der Waals surface area contributed by atoms with E-state index in [9.17, 15) is 18.7 Å². The number of rotatable bonds is 5. The summed E-state index contributed by atoms with van der Waals surface area (Å²) in [6.07, 6.45) is 0.872. The molecule has 2 aromatic carbocycles. The molecule has 0 radical (unpaired) electrons. The van der Waals surface area contributed by atoms with Gasteiger partial charge in [-0.05, 0) is 54.5 Å². The highest BCUT2D eigenvalue weighted by atomic mass is 19.1. The van der Waals surface area contributed by atoms with Crippen molar-refractivity contribution in [3.63, 3.8) is 0 Å². The highest BCUT2D eigenvalue weighted by molar-refractivity contribution is 5.97. The number of benzene rings is 2. The van der Waals surface area contributed by atoms with E-state index in [2.05, 4.69) is 11.6 Å². The van der Waals surface area contributed by atoms with Gasteiger partial charge in [0.25, 0.3) is 5.91 Å². The minimum atomic E-state index is -1.22. The van der Waals surface area contributed by atoms with Gasteiger partial charge in [-0.2, -0.15) is 0 Å². The summed E-state index contributed by atoms with van der Waals surface area (Å²) < 4.78 is 32.5. The number of amides is 1. The van der Waals surface area contributed by atoms with Crippen LogP contribution in [0.3, 0.4) is 0 Å². The Morgan fingerprint density at radius 3 is 2.77 bits per heavy atom. The molecular weight excluding hydrogens is 390 g/mol. The lowest BCUT2D eigenvalue weighted by Crippen LogP contribution is -2.40. The number of fused-ring (bicyclic) bond motifs is 1. The molecule has 7 heteroatoms. The van der Waals surface area contributed by atoms with Gasteiger partial charge >= 0.3 is 0 Å². The fourth-order valence-corrected chi connectivity index (χ4v) is 3.34. The van der Waals surface area contributed by atoms with Crippen LogP contribution in [0, 0.1) is 11.6 Å². The molecule has 1 aromatic heterocycles. The van der Waals surface area contributed by atoms with Crippen LogP contribution in [0.4, 0.5) is 8.78 Å². The summed E-state index contributed by atoms with van der Waals surface area (Å²) in [5.74, 6) is -1.86. The van der Waals surface area contributed by atoms with E-state index in [1.54, 1.807) is 36.4 Å². The molecular formula is C23H18F2N2O3. The molecule has 1 aliphatic rings. The summed E-state index contributed by atoms with van der Waals surface area (Å²) in [4.78, 5) is 18.6. The van der Waals surface area contributed by atoms with Crippen molar-refractivity contribution < 1.29 is 23.4 Å². The van der Waals surface area contributed by atoms with E-state index in [1.807, 2.05) is 0 Å². The third-order valence-electron chi connectivity index (χ3n) is 4.88. The third-order valence-corrected chi connectivity index (χ3v) is 4.88. The van der Waals surface area contributed by atoms with Gasteiger partial charge in [0.05, 0.1) is 11.4 Å². The molecule has 0 unspecified atom stereocenters. The van der Waals surface area contributed by atoms with Crippen LogP contribution in [0.5, 0.6) is 11.5 Å². The lowest BCUT2D eigenvalue weighted by atomic mass is 9.98. The first-order valence-electron chi connectivity index (χ1n) is 9.30. The quantitative estimate of drug-likeness (QED) is 0.676. The van der Waals surface area contributed by atoms with E-state index in [-0.39, 0.29) is 17.4 Å². The number of pyridine rings is 1. The van der Waals surface area contributed by atoms with Crippen molar-refractivity contribution in [3.05, 3.63) is 95.3 Å². The van der Waals surface area contributed by atoms with Crippen LogP contribution in [0.2, 0.25) is 0 Å². The van der Waals surface area contributed by atoms with Crippen molar-refractivity contribution in [2.75, 3.05) is 6.54 Å². The fraction of sp³-hybridized carbons (Fsp3) is 0.130. The molecule has 1 amide bonds. The maximum atomic E-state index is 13.9. The number of ether oxygens (including phenoxy) is 1. The Balaban J connectivity index is 1.60. The second kappa shape index (κ2) is 8.04. The number of nitrogens with zero attached hydrogens (tertiary/aromatic N) is 2. The molecule has 3 aromatic rings. The van der Waals surface area contributed by atoms with E-state index < -0.39 is 17.9 Å². The lowest BCUT2D eigenvalue weighted by molar-refractivity contribution is 0.00211. The molecule has 5 nitrogen and oxygen atoms in total. The van der Waals surface area contributed by atoms with E-state index in [0.717, 1.165) is 17.7 Å². The van der Waals surface area contributed by atoms with Gasteiger partial charge in [0.15, 0.2) is 17.8 Å². The van der Waals surface area contributed by atoms with Gasteiger partial charge in [0.1, 0.15) is 11.6 Å². The largest absolute Gasteiger partial charge is 0.454 e. The lowest BCUT2D eigenvalue weighted by Gasteiger charge is -2.32. The number of aliphatic hydroxyl groups is 1. The van der Waals surface area contributed by atoms with Crippen LogP contribution in [0.15, 0.2) is 61.2 Å². The summed E-state index contributed by atoms with van der Waals surface area (Å²) in [5, 5.41) is 10.7. The highest BCUT2D eigenvalue weighted by Gasteiger charge is 2.31. The van der Waals surface area contributed by atoms with Gasteiger partial charge in [-0.15, -0.1) is 0 Å². The second-order valence-corrected chi connectivity index (χ2v) is 6.81. The number of hydrogen-bond donors (Lipinski definition) is 1. The Bertz CT molecular complexity index is 1130. The van der Waals surface area contributed by atoms with Gasteiger partial charge in [0.2, 0.25) is 0 Å². The number of aromatic nitrogens is 1. The molecule has 30 heavy (non-hydrogen) atoms. The average molecular weight is 408 g/mol. The first-order chi connectivity index (χ1) is 14.5. The zero-order chi connectivity index (χ0) is 21.3. The van der Waals surface area contributed by atoms with Gasteiger partial charge < -0.3 is 14.7 Å². The van der Waals surface area contributed by atoms with E-state index in [1.165, 1.54) is 17.0 Å². The molecule has 0 saturated heterocycles. The Kier molecular flexibility index (Phi) is 5.29. The van der Waals surface area contributed by atoms with Gasteiger partial charge in [0, 0.05) is 18.2 Å². The monoisotopic (exact) mass is 408 g/mol. The molecule has 0 fully saturated rings. The normalized spacial score (nSPS) is 14.2. The molecule has 1 atom stereocenters. The summed E-state index contributed by atoms with van der Waals surface area (Å²) >= 11 is 0. The second-order valence-electron chi connectivity index (χ2n) is 6.81. The van der Waals surface area contributed by atoms with Crippen LogP contribution >= 0.6 is 0 Å². The molecule has 0 spiro atoms. The molecule has 4 rings (SSSR count). The van der Waals surface area contributed by atoms with Crippen LogP contribution in [0.1, 0.15) is 33.5 Å². The first kappa shape index (κ1) is 19.7. The molecule has 0 aliphatic carbocycles. The van der Waals surface area contributed by atoms with Crippen LogP contribution in [-0.4, -0.2) is 27.4 Å². The SMILES string of the molecule is C=Cc1cccc([C@@H](O)N2CCc3ccc(Oc4ccc(F)cc4F)cc3C2=O)n1. The standard InChI is InChI=1S/C23H18F2N2O3/c1-2-16-4-3-5-20(26-16)23(29)27-11-10-14-6-8-17(13-18(14)22(27)28)30-21-9-7-15(24)12-19(21)25/h2-9,12-13,23,29H,1,10-11H2/t23-/m1/s1. The number of carbonyl (C=O) groups is 1. The number of halogens is 2. The van der Waals surface area contributed by atoms with Crippen molar-refractivity contribution >= 4 is 12.0 Å². The number of hydrogen-bond acceptors (Lipinski definition) is 4. The summed E-state index contributed by atoms with van der Waals surface area (Å²) in [7, 11) is 0. The minimum absolute atomic E-state index is 0.151. The van der Waals surface area contributed by atoms with Crippen molar-refractivity contribution in [3.8, 4) is 11.5 Å². The molecule has 1 aliphatic heterocycles. The van der Waals surface area contributed by atoms with E-state index in [0.29, 0.717) is 29.9 Å². The zero-order valence-electron chi connectivity index (χ0n) is 15.9. The Morgan fingerprint density at radius 2 is 2.00 bits per heavy atom. The number of aliphatic hydroxyl groups excluding tert-OH is 1. The Labute approximate surface area is 171 Å². The molecule has 0 bridgehead atoms. The van der Waals surface area contributed by atoms with E-state index >= 15 is 0 Å². The Morgan fingerprint density at radius 1 is 1.17 bits per heavy atom. The maximum Gasteiger partial charge on any atom is 0.256 e. The van der Waals surface area contributed by atoms with Gasteiger partial charge in [-0.25, -0.2) is 13.8 Å². The van der Waals surface area contributed by atoms with Gasteiger partial charge in [-0.3, -0.25) is 4.79 Å². The van der Waals surface area contributed by atoms with E-state index in [4.69, 9.17) is 4.74 Å². The smallest absolute Gasteiger partial charge is 0.256 e. The summed E-state index contributed by atoms with van der Waals surface area (Å²) in [6, 6.07) is 12.9. The molecule has 152 valence electrons. The fourth-order valence-electron chi connectivity index (χ4n) is 3.34. The molecule has 2 heterocycles. The maximum absolute atomic E-state index is 13.9. The van der Waals surface area contributed by atoms with Crippen molar-refractivity contribution in [1.29, 1.82) is 0 Å². The average Bonchev–Trinajstić information content (AvgIpc) is 2.76. The summed E-state index contributed by atoms with van der Waals surface area (Å²) in [5.41, 5.74) is 2.07. The molecule has 0 saturated carbocycles. The predicted octanol–water partition coefficient (Wildman–Crippen LogP) is 4.48. The van der Waals surface area contributed by atoms with Crippen LogP contribution in [0.25, 0.3) is 6.08 Å². The zero-order valence-corrected chi connectivity index (χ0v) is 15.9.